The molecule has 0 saturated carbocycles. The molecule has 2 aromatic rings. The van der Waals surface area contributed by atoms with Crippen LogP contribution in [0, 0.1) is 0 Å². The van der Waals surface area contributed by atoms with E-state index in [1.165, 1.54) is 24.4 Å². The van der Waals surface area contributed by atoms with Gasteiger partial charge in [0.05, 0.1) is 16.6 Å². The molecule has 0 saturated heterocycles. The summed E-state index contributed by atoms with van der Waals surface area (Å²) >= 11 is 11.6. The molecule has 0 bridgehead atoms. The van der Waals surface area contributed by atoms with E-state index < -0.39 is 11.8 Å². The molecule has 2 amide bonds. The highest BCUT2D eigenvalue weighted by atomic mass is 35.5. The molecule has 0 unspecified atom stereocenters. The highest BCUT2D eigenvalue weighted by Gasteiger charge is 2.09. The Bertz CT molecular complexity index is 805. The summed E-state index contributed by atoms with van der Waals surface area (Å²) in [7, 11) is 0. The lowest BCUT2D eigenvalue weighted by atomic mass is 10.2. The van der Waals surface area contributed by atoms with Gasteiger partial charge in [0.25, 0.3) is 11.8 Å². The maximum Gasteiger partial charge on any atom is 0.259 e. The van der Waals surface area contributed by atoms with E-state index in [9.17, 15) is 9.59 Å². The first-order valence-electron chi connectivity index (χ1n) is 7.33. The molecule has 0 aliphatic carbocycles. The third-order valence-electron chi connectivity index (χ3n) is 3.03. The first-order valence-corrected chi connectivity index (χ1v) is 8.09. The fraction of sp³-hybridized carbons (Fsp3) is 0.0556. The summed E-state index contributed by atoms with van der Waals surface area (Å²) in [6.07, 6.45) is 5.00. The van der Waals surface area contributed by atoms with E-state index in [0.717, 1.165) is 5.56 Å². The van der Waals surface area contributed by atoms with Gasteiger partial charge in [-0.25, -0.2) is 5.43 Å². The number of carbonyl (C=O) groups is 2. The van der Waals surface area contributed by atoms with Crippen LogP contribution in [0.5, 0.6) is 0 Å². The number of benzene rings is 2. The minimum Gasteiger partial charge on any atom is -0.343 e. The van der Waals surface area contributed by atoms with Crippen molar-refractivity contribution in [3.05, 3.63) is 75.8 Å². The van der Waals surface area contributed by atoms with Crippen LogP contribution < -0.4 is 10.7 Å². The number of hydrogen-bond donors (Lipinski definition) is 2. The second-order valence-corrected chi connectivity index (χ2v) is 5.71. The Kier molecular flexibility index (Phi) is 7.19. The van der Waals surface area contributed by atoms with Crippen molar-refractivity contribution in [3.63, 3.8) is 0 Å². The largest absolute Gasteiger partial charge is 0.343 e. The molecule has 0 fully saturated rings. The Hall–Kier alpha value is -2.63. The Morgan fingerprint density at radius 2 is 1.80 bits per heavy atom. The number of nitrogens with zero attached hydrogens (tertiary/aromatic N) is 1. The zero-order valence-electron chi connectivity index (χ0n) is 13.1. The van der Waals surface area contributed by atoms with Crippen LogP contribution in [-0.4, -0.2) is 24.6 Å². The van der Waals surface area contributed by atoms with Crippen LogP contribution in [0.25, 0.3) is 6.08 Å². The third kappa shape index (κ3) is 6.41. The van der Waals surface area contributed by atoms with Gasteiger partial charge in [0.2, 0.25) is 0 Å². The van der Waals surface area contributed by atoms with Gasteiger partial charge in [0.15, 0.2) is 0 Å². The second kappa shape index (κ2) is 9.61. The summed E-state index contributed by atoms with van der Waals surface area (Å²) < 4.78 is 0. The Morgan fingerprint density at radius 1 is 1.04 bits per heavy atom. The van der Waals surface area contributed by atoms with Crippen molar-refractivity contribution >= 4 is 47.3 Å². The molecule has 25 heavy (non-hydrogen) atoms. The number of carbonyl (C=O) groups excluding carboxylic acids is 2. The van der Waals surface area contributed by atoms with E-state index in [0.29, 0.717) is 10.6 Å². The topological polar surface area (TPSA) is 70.6 Å². The Labute approximate surface area is 155 Å². The zero-order valence-corrected chi connectivity index (χ0v) is 14.6. The van der Waals surface area contributed by atoms with Crippen LogP contribution >= 0.6 is 23.2 Å². The van der Waals surface area contributed by atoms with Crippen LogP contribution in [0.4, 0.5) is 0 Å². The van der Waals surface area contributed by atoms with Gasteiger partial charge in [0, 0.05) is 11.8 Å². The number of amides is 2. The SMILES string of the molecule is O=C(CNC(=O)c1ccc(Cl)c(Cl)c1)NN=CC=Cc1ccccc1. The molecular weight excluding hydrogens is 361 g/mol. The molecule has 128 valence electrons. The van der Waals surface area contributed by atoms with E-state index in [1.54, 1.807) is 6.08 Å². The van der Waals surface area contributed by atoms with Crippen molar-refractivity contribution in [2.45, 2.75) is 0 Å². The number of rotatable bonds is 6. The lowest BCUT2D eigenvalue weighted by Gasteiger charge is -2.05. The fourth-order valence-corrected chi connectivity index (χ4v) is 2.11. The van der Waals surface area contributed by atoms with Gasteiger partial charge < -0.3 is 5.32 Å². The van der Waals surface area contributed by atoms with E-state index in [4.69, 9.17) is 23.2 Å². The minimum atomic E-state index is -0.447. The summed E-state index contributed by atoms with van der Waals surface area (Å²) in [5.41, 5.74) is 3.65. The molecule has 0 atom stereocenters. The molecule has 0 aliphatic rings. The number of allylic oxidation sites excluding steroid dienone is 1. The van der Waals surface area contributed by atoms with Crippen molar-refractivity contribution in [1.29, 1.82) is 0 Å². The molecule has 0 spiro atoms. The lowest BCUT2D eigenvalue weighted by molar-refractivity contribution is -0.120. The number of halogens is 2. The summed E-state index contributed by atoms with van der Waals surface area (Å²) in [5, 5.41) is 6.86. The third-order valence-corrected chi connectivity index (χ3v) is 3.77. The first-order chi connectivity index (χ1) is 12.1. The van der Waals surface area contributed by atoms with E-state index in [-0.39, 0.29) is 11.6 Å². The van der Waals surface area contributed by atoms with Crippen molar-refractivity contribution in [1.82, 2.24) is 10.7 Å². The minimum absolute atomic E-state index is 0.210. The summed E-state index contributed by atoms with van der Waals surface area (Å²) in [5.74, 6) is -0.876. The molecule has 2 aromatic carbocycles. The van der Waals surface area contributed by atoms with E-state index in [2.05, 4.69) is 15.8 Å². The first kappa shape index (κ1) is 18.7. The predicted octanol–water partition coefficient (Wildman–Crippen LogP) is 3.54. The molecule has 7 heteroatoms. The van der Waals surface area contributed by atoms with Gasteiger partial charge in [-0.05, 0) is 29.8 Å². The van der Waals surface area contributed by atoms with Gasteiger partial charge in [-0.3, -0.25) is 9.59 Å². The summed E-state index contributed by atoms with van der Waals surface area (Å²) in [6.45, 7) is -0.210. The Morgan fingerprint density at radius 3 is 2.52 bits per heavy atom. The monoisotopic (exact) mass is 375 g/mol. The van der Waals surface area contributed by atoms with Gasteiger partial charge in [0.1, 0.15) is 0 Å². The fourth-order valence-electron chi connectivity index (χ4n) is 1.81. The average Bonchev–Trinajstić information content (AvgIpc) is 2.62. The zero-order chi connectivity index (χ0) is 18.1. The maximum atomic E-state index is 11.9. The summed E-state index contributed by atoms with van der Waals surface area (Å²) in [4.78, 5) is 23.5. The normalized spacial score (nSPS) is 11.0. The van der Waals surface area contributed by atoms with Crippen molar-refractivity contribution < 1.29 is 9.59 Å². The molecule has 2 N–H and O–H groups in total. The molecule has 5 nitrogen and oxygen atoms in total. The number of nitrogens with one attached hydrogen (secondary N) is 2. The van der Waals surface area contributed by atoms with Crippen molar-refractivity contribution in [2.75, 3.05) is 6.54 Å². The van der Waals surface area contributed by atoms with Crippen molar-refractivity contribution in [2.24, 2.45) is 5.10 Å². The second-order valence-electron chi connectivity index (χ2n) is 4.89. The molecule has 0 aliphatic heterocycles. The number of hydrazone groups is 1. The van der Waals surface area contributed by atoms with Crippen LogP contribution in [0.15, 0.2) is 59.7 Å². The standard InChI is InChI=1S/C18H15Cl2N3O2/c19-15-9-8-14(11-16(15)20)18(25)21-12-17(24)23-22-10-4-7-13-5-2-1-3-6-13/h1-11H,12H2,(H,21,25)(H,23,24). The van der Waals surface area contributed by atoms with Crippen LogP contribution in [0.3, 0.4) is 0 Å². The van der Waals surface area contributed by atoms with Crippen LogP contribution in [0.1, 0.15) is 15.9 Å². The molecule has 0 aromatic heterocycles. The smallest absolute Gasteiger partial charge is 0.259 e. The highest BCUT2D eigenvalue weighted by molar-refractivity contribution is 6.42. The Balaban J connectivity index is 1.74. The van der Waals surface area contributed by atoms with Gasteiger partial charge in [-0.1, -0.05) is 59.6 Å². The predicted molar refractivity (Wildman–Crippen MR) is 101 cm³/mol. The van der Waals surface area contributed by atoms with Gasteiger partial charge >= 0.3 is 0 Å². The quantitative estimate of drug-likeness (QED) is 0.598. The van der Waals surface area contributed by atoms with Gasteiger partial charge in [-0.2, -0.15) is 5.10 Å². The van der Waals surface area contributed by atoms with Crippen LogP contribution in [-0.2, 0) is 4.79 Å². The van der Waals surface area contributed by atoms with Crippen LogP contribution in [0.2, 0.25) is 10.0 Å². The van der Waals surface area contributed by atoms with E-state index >= 15 is 0 Å². The van der Waals surface area contributed by atoms with E-state index in [1.807, 2.05) is 36.4 Å². The average molecular weight is 376 g/mol. The summed E-state index contributed by atoms with van der Waals surface area (Å²) in [6, 6.07) is 14.1. The van der Waals surface area contributed by atoms with Crippen molar-refractivity contribution in [3.8, 4) is 0 Å². The molecule has 2 rings (SSSR count). The number of hydrogen-bond acceptors (Lipinski definition) is 3. The lowest BCUT2D eigenvalue weighted by Crippen LogP contribution is -2.34. The van der Waals surface area contributed by atoms with Gasteiger partial charge in [-0.15, -0.1) is 0 Å². The molecular formula is C18H15Cl2N3O2. The molecule has 0 heterocycles. The highest BCUT2D eigenvalue weighted by Crippen LogP contribution is 2.22. The molecule has 0 radical (unpaired) electrons. The maximum absolute atomic E-state index is 11.9.